The molecular weight excluding hydrogens is 424 g/mol. The van der Waals surface area contributed by atoms with E-state index in [0.29, 0.717) is 13.0 Å². The fraction of sp³-hybridized carbons (Fsp3) is 0.375. The first kappa shape index (κ1) is 22.4. The summed E-state index contributed by atoms with van der Waals surface area (Å²) in [5, 5.41) is 2.73. The number of methoxy groups -OCH3 is 1. The Morgan fingerprint density at radius 1 is 1.22 bits per heavy atom. The van der Waals surface area contributed by atoms with Gasteiger partial charge < -0.3 is 9.47 Å². The average Bonchev–Trinajstić information content (AvgIpc) is 3.33. The molecule has 1 fully saturated rings. The van der Waals surface area contributed by atoms with Gasteiger partial charge in [-0.05, 0) is 36.2 Å². The molecule has 3 heterocycles. The molecule has 0 radical (unpaired) electrons. The molecule has 0 N–H and O–H groups in total. The number of thiazole rings is 1. The summed E-state index contributed by atoms with van der Waals surface area (Å²) in [6.07, 6.45) is 4.69. The second-order valence-electron chi connectivity index (χ2n) is 7.63. The van der Waals surface area contributed by atoms with Crippen LogP contribution in [0.5, 0.6) is 5.75 Å². The highest BCUT2D eigenvalue weighted by Gasteiger charge is 2.21. The molecular formula is C24H28N4O3S. The van der Waals surface area contributed by atoms with E-state index in [1.807, 2.05) is 46.7 Å². The van der Waals surface area contributed by atoms with E-state index in [-0.39, 0.29) is 5.91 Å². The molecule has 0 aliphatic carbocycles. The lowest BCUT2D eigenvalue weighted by Crippen LogP contribution is -2.39. The Hall–Kier alpha value is -2.81. The van der Waals surface area contributed by atoms with Gasteiger partial charge in [0.1, 0.15) is 5.75 Å². The van der Waals surface area contributed by atoms with E-state index in [9.17, 15) is 4.79 Å². The molecule has 0 atom stereocenters. The molecule has 0 bridgehead atoms. The molecule has 2 aromatic heterocycles. The number of ether oxygens (including phenoxy) is 2. The van der Waals surface area contributed by atoms with E-state index >= 15 is 0 Å². The number of hydrogen-bond donors (Lipinski definition) is 0. The van der Waals surface area contributed by atoms with Gasteiger partial charge in [-0.25, -0.2) is 4.98 Å². The minimum absolute atomic E-state index is 0.0378. The number of carbonyl (C=O) groups excluding carboxylic acids is 1. The average molecular weight is 453 g/mol. The third-order valence-electron chi connectivity index (χ3n) is 5.45. The molecule has 4 rings (SSSR count). The van der Waals surface area contributed by atoms with Crippen molar-refractivity contribution in [3.05, 3.63) is 59.7 Å². The van der Waals surface area contributed by atoms with Crippen LogP contribution in [-0.4, -0.2) is 67.3 Å². The molecule has 0 saturated carbocycles. The van der Waals surface area contributed by atoms with E-state index in [1.54, 1.807) is 19.5 Å². The van der Waals surface area contributed by atoms with Crippen molar-refractivity contribution < 1.29 is 14.3 Å². The maximum atomic E-state index is 13.3. The number of hydrogen-bond acceptors (Lipinski definition) is 7. The highest BCUT2D eigenvalue weighted by Crippen LogP contribution is 2.28. The number of aromatic nitrogens is 2. The third-order valence-corrected chi connectivity index (χ3v) is 6.31. The smallest absolute Gasteiger partial charge is 0.233 e. The van der Waals surface area contributed by atoms with Gasteiger partial charge in [0.05, 0.1) is 32.4 Å². The van der Waals surface area contributed by atoms with Gasteiger partial charge >= 0.3 is 0 Å². The minimum atomic E-state index is 0.0378. The summed E-state index contributed by atoms with van der Waals surface area (Å²) in [6, 6.07) is 11.5. The molecule has 0 spiro atoms. The first-order chi connectivity index (χ1) is 15.7. The number of morpholine rings is 1. The van der Waals surface area contributed by atoms with Crippen LogP contribution in [0.1, 0.15) is 12.0 Å². The summed E-state index contributed by atoms with van der Waals surface area (Å²) in [4.78, 5) is 26.4. The maximum absolute atomic E-state index is 13.3. The van der Waals surface area contributed by atoms with Gasteiger partial charge in [-0.3, -0.25) is 19.6 Å². The van der Waals surface area contributed by atoms with Gasteiger partial charge in [0, 0.05) is 49.5 Å². The van der Waals surface area contributed by atoms with Crippen LogP contribution in [0.4, 0.5) is 5.13 Å². The number of amides is 1. The summed E-state index contributed by atoms with van der Waals surface area (Å²) < 4.78 is 10.7. The van der Waals surface area contributed by atoms with Crippen LogP contribution in [-0.2, 0) is 16.0 Å². The minimum Gasteiger partial charge on any atom is -0.497 e. The Balaban J connectivity index is 1.49. The second kappa shape index (κ2) is 11.2. The van der Waals surface area contributed by atoms with Gasteiger partial charge in [0.15, 0.2) is 5.13 Å². The van der Waals surface area contributed by atoms with Crippen molar-refractivity contribution in [1.29, 1.82) is 0 Å². The Morgan fingerprint density at radius 2 is 2.03 bits per heavy atom. The molecule has 7 nitrogen and oxygen atoms in total. The van der Waals surface area contributed by atoms with Crippen LogP contribution in [0.25, 0.3) is 11.3 Å². The second-order valence-corrected chi connectivity index (χ2v) is 8.47. The SMILES string of the molecule is COc1cccc(CC(=O)N(CCCN2CCOCC2)c2nc(-c3ccncc3)cs2)c1. The van der Waals surface area contributed by atoms with Crippen molar-refractivity contribution in [1.82, 2.24) is 14.9 Å². The standard InChI is InChI=1S/C24H28N4O3S/c1-30-21-5-2-4-19(16-21)17-23(29)28(11-3-10-27-12-14-31-15-13-27)24-26-22(18-32-24)20-6-8-25-9-7-20/h2,4-9,16,18H,3,10-15,17H2,1H3. The Labute approximate surface area is 192 Å². The highest BCUT2D eigenvalue weighted by atomic mass is 32.1. The lowest BCUT2D eigenvalue weighted by molar-refractivity contribution is -0.118. The summed E-state index contributed by atoms with van der Waals surface area (Å²) in [7, 11) is 1.63. The van der Waals surface area contributed by atoms with Crippen molar-refractivity contribution in [2.75, 3.05) is 51.4 Å². The van der Waals surface area contributed by atoms with Crippen LogP contribution < -0.4 is 9.64 Å². The Bertz CT molecular complexity index is 1010. The van der Waals surface area contributed by atoms with Crippen molar-refractivity contribution in [2.45, 2.75) is 12.8 Å². The normalized spacial score (nSPS) is 14.3. The quantitative estimate of drug-likeness (QED) is 0.495. The zero-order valence-corrected chi connectivity index (χ0v) is 19.1. The molecule has 32 heavy (non-hydrogen) atoms. The van der Waals surface area contributed by atoms with Crippen molar-refractivity contribution in [2.24, 2.45) is 0 Å². The molecule has 1 saturated heterocycles. The van der Waals surface area contributed by atoms with Gasteiger partial charge in [-0.1, -0.05) is 12.1 Å². The third kappa shape index (κ3) is 5.91. The van der Waals surface area contributed by atoms with E-state index < -0.39 is 0 Å². The molecule has 3 aromatic rings. The molecule has 168 valence electrons. The van der Waals surface area contributed by atoms with Gasteiger partial charge in [0.25, 0.3) is 0 Å². The fourth-order valence-corrected chi connectivity index (χ4v) is 4.58. The topological polar surface area (TPSA) is 67.8 Å². The van der Waals surface area contributed by atoms with E-state index in [4.69, 9.17) is 14.5 Å². The van der Waals surface area contributed by atoms with Crippen molar-refractivity contribution >= 4 is 22.4 Å². The number of pyridine rings is 1. The van der Waals surface area contributed by atoms with Crippen LogP contribution >= 0.6 is 11.3 Å². The molecule has 1 amide bonds. The summed E-state index contributed by atoms with van der Waals surface area (Å²) in [5.41, 5.74) is 2.79. The lowest BCUT2D eigenvalue weighted by atomic mass is 10.1. The van der Waals surface area contributed by atoms with Crippen molar-refractivity contribution in [3.63, 3.8) is 0 Å². The Morgan fingerprint density at radius 3 is 2.81 bits per heavy atom. The first-order valence-electron chi connectivity index (χ1n) is 10.8. The number of carbonyl (C=O) groups is 1. The molecule has 1 aliphatic rings. The molecule has 1 aromatic carbocycles. The van der Waals surface area contributed by atoms with Crippen LogP contribution in [0.2, 0.25) is 0 Å². The van der Waals surface area contributed by atoms with Gasteiger partial charge in [-0.15, -0.1) is 11.3 Å². The first-order valence-corrected chi connectivity index (χ1v) is 11.7. The number of rotatable bonds is 9. The summed E-state index contributed by atoms with van der Waals surface area (Å²) in [6.45, 7) is 5.02. The highest BCUT2D eigenvalue weighted by molar-refractivity contribution is 7.14. The van der Waals surface area contributed by atoms with Crippen LogP contribution in [0.15, 0.2) is 54.2 Å². The molecule has 1 aliphatic heterocycles. The Kier molecular flexibility index (Phi) is 7.82. The van der Waals surface area contributed by atoms with Crippen LogP contribution in [0.3, 0.4) is 0 Å². The summed E-state index contributed by atoms with van der Waals surface area (Å²) in [5.74, 6) is 0.791. The maximum Gasteiger partial charge on any atom is 0.233 e. The van der Waals surface area contributed by atoms with Crippen LogP contribution in [0, 0.1) is 0 Å². The molecule has 0 unspecified atom stereocenters. The van der Waals surface area contributed by atoms with Crippen molar-refractivity contribution in [3.8, 4) is 17.0 Å². The zero-order chi connectivity index (χ0) is 22.2. The zero-order valence-electron chi connectivity index (χ0n) is 18.3. The number of benzene rings is 1. The summed E-state index contributed by atoms with van der Waals surface area (Å²) >= 11 is 1.50. The number of anilines is 1. The van der Waals surface area contributed by atoms with E-state index in [1.165, 1.54) is 11.3 Å². The van der Waals surface area contributed by atoms with Gasteiger partial charge in [-0.2, -0.15) is 0 Å². The van der Waals surface area contributed by atoms with E-state index in [2.05, 4.69) is 9.88 Å². The predicted octanol–water partition coefficient (Wildman–Crippen LogP) is 3.51. The lowest BCUT2D eigenvalue weighted by Gasteiger charge is -2.27. The molecule has 8 heteroatoms. The largest absolute Gasteiger partial charge is 0.497 e. The fourth-order valence-electron chi connectivity index (χ4n) is 3.70. The monoisotopic (exact) mass is 452 g/mol. The predicted molar refractivity (Wildman–Crippen MR) is 126 cm³/mol. The van der Waals surface area contributed by atoms with Gasteiger partial charge in [0.2, 0.25) is 5.91 Å². The van der Waals surface area contributed by atoms with E-state index in [0.717, 1.165) is 67.0 Å². The number of nitrogens with zero attached hydrogens (tertiary/aromatic N) is 4.